The quantitative estimate of drug-likeness (QED) is 0.481. The minimum Gasteiger partial charge on any atom is -0.422 e. The number of ether oxygens (including phenoxy) is 1. The van der Waals surface area contributed by atoms with Gasteiger partial charge in [0.05, 0.1) is 4.24 Å². The van der Waals surface area contributed by atoms with E-state index in [1.54, 1.807) is 48.5 Å². The fourth-order valence-corrected chi connectivity index (χ4v) is 3.24. The Morgan fingerprint density at radius 2 is 1.42 bits per heavy atom. The largest absolute Gasteiger partial charge is 0.422 e. The van der Waals surface area contributed by atoms with Gasteiger partial charge in [-0.3, -0.25) is 4.79 Å². The van der Waals surface area contributed by atoms with Crippen LogP contribution in [0.4, 0.5) is 0 Å². The van der Waals surface area contributed by atoms with Crippen LogP contribution >= 0.6 is 23.5 Å². The van der Waals surface area contributed by atoms with Crippen molar-refractivity contribution in [3.8, 4) is 5.75 Å². The molecule has 1 amide bonds. The first-order chi connectivity index (χ1) is 11.7. The molecular formula is C18H17NO3S2. The fourth-order valence-electron chi connectivity index (χ4n) is 1.89. The van der Waals surface area contributed by atoms with E-state index in [0.717, 1.165) is 0 Å². The third kappa shape index (κ3) is 4.91. The van der Waals surface area contributed by atoms with Crippen molar-refractivity contribution < 1.29 is 14.3 Å². The van der Waals surface area contributed by atoms with Crippen LogP contribution in [-0.4, -0.2) is 24.4 Å². The first-order valence-electron chi connectivity index (χ1n) is 7.11. The lowest BCUT2D eigenvalue weighted by molar-refractivity contribution is -0.130. The van der Waals surface area contributed by atoms with Crippen molar-refractivity contribution in [2.24, 2.45) is 0 Å². The summed E-state index contributed by atoms with van der Waals surface area (Å²) in [6.07, 6.45) is 3.69. The van der Waals surface area contributed by atoms with Crippen LogP contribution in [0.5, 0.6) is 5.75 Å². The van der Waals surface area contributed by atoms with E-state index in [2.05, 4.69) is 5.32 Å². The van der Waals surface area contributed by atoms with E-state index >= 15 is 0 Å². The molecule has 0 unspecified atom stereocenters. The number of para-hydroxylation sites is 1. The molecule has 2 aromatic rings. The first kappa shape index (κ1) is 18.2. The molecule has 0 saturated heterocycles. The molecule has 0 fully saturated rings. The summed E-state index contributed by atoms with van der Waals surface area (Å²) in [5, 5.41) is 2.68. The highest BCUT2D eigenvalue weighted by atomic mass is 32.2. The summed E-state index contributed by atoms with van der Waals surface area (Å²) in [6, 6.07) is 17.5. The van der Waals surface area contributed by atoms with Crippen molar-refractivity contribution >= 4 is 35.4 Å². The molecule has 0 atom stereocenters. The monoisotopic (exact) mass is 359 g/mol. The maximum atomic E-state index is 12.5. The van der Waals surface area contributed by atoms with Crippen LogP contribution in [-0.2, 0) is 4.79 Å². The number of rotatable bonds is 6. The minimum atomic E-state index is -0.593. The third-order valence-corrected chi connectivity index (χ3v) is 5.16. The molecule has 6 heteroatoms. The molecule has 4 nitrogen and oxygen atoms in total. The van der Waals surface area contributed by atoms with Gasteiger partial charge in [0.25, 0.3) is 5.91 Å². The van der Waals surface area contributed by atoms with E-state index in [1.165, 1.54) is 23.5 Å². The predicted octanol–water partition coefficient (Wildman–Crippen LogP) is 3.92. The summed E-state index contributed by atoms with van der Waals surface area (Å²) in [5.74, 6) is -0.518. The van der Waals surface area contributed by atoms with Crippen molar-refractivity contribution in [1.82, 2.24) is 5.32 Å². The molecule has 0 spiro atoms. The zero-order chi connectivity index (χ0) is 17.4. The van der Waals surface area contributed by atoms with Gasteiger partial charge in [-0.2, -0.15) is 0 Å². The molecule has 0 saturated carbocycles. The number of thioether (sulfide) groups is 2. The Labute approximate surface area is 149 Å². The Hall–Kier alpha value is -2.18. The third-order valence-electron chi connectivity index (χ3n) is 3.01. The molecule has 0 heterocycles. The number of nitrogens with one attached hydrogen (secondary N) is 1. The first-order valence-corrected chi connectivity index (χ1v) is 9.56. The molecule has 124 valence electrons. The summed E-state index contributed by atoms with van der Waals surface area (Å²) in [7, 11) is 0. The molecule has 1 N–H and O–H groups in total. The highest BCUT2D eigenvalue weighted by Gasteiger charge is 2.20. The van der Waals surface area contributed by atoms with Crippen LogP contribution in [0.1, 0.15) is 10.4 Å². The number of hydrogen-bond donors (Lipinski definition) is 1. The van der Waals surface area contributed by atoms with Crippen LogP contribution < -0.4 is 10.1 Å². The number of benzene rings is 2. The Balaban J connectivity index is 2.24. The molecule has 0 aliphatic heterocycles. The van der Waals surface area contributed by atoms with E-state index in [1.807, 2.05) is 24.6 Å². The van der Waals surface area contributed by atoms with Crippen LogP contribution in [0.25, 0.3) is 0 Å². The zero-order valence-corrected chi connectivity index (χ0v) is 14.9. The van der Waals surface area contributed by atoms with E-state index in [0.29, 0.717) is 15.6 Å². The topological polar surface area (TPSA) is 55.4 Å². The number of carbonyl (C=O) groups excluding carboxylic acids is 2. The van der Waals surface area contributed by atoms with Gasteiger partial charge in [0, 0.05) is 5.56 Å². The van der Waals surface area contributed by atoms with Crippen LogP contribution in [0.15, 0.2) is 70.6 Å². The molecule has 2 aromatic carbocycles. The molecule has 0 aromatic heterocycles. The van der Waals surface area contributed by atoms with Gasteiger partial charge in [-0.05, 0) is 36.8 Å². The number of amides is 1. The summed E-state index contributed by atoms with van der Waals surface area (Å²) < 4.78 is 6.04. The van der Waals surface area contributed by atoms with Gasteiger partial charge in [0.15, 0.2) is 0 Å². The summed E-state index contributed by atoms with van der Waals surface area (Å²) in [6.45, 7) is 0. The fraction of sp³-hybridized carbons (Fsp3) is 0.111. The summed E-state index contributed by atoms with van der Waals surface area (Å²) >= 11 is 2.76. The summed E-state index contributed by atoms with van der Waals surface area (Å²) in [4.78, 5) is 24.9. The lowest BCUT2D eigenvalue weighted by atomic mass is 10.2. The number of carbonyl (C=O) groups is 2. The van der Waals surface area contributed by atoms with Crippen molar-refractivity contribution in [2.75, 3.05) is 12.5 Å². The second-order valence-corrected chi connectivity index (χ2v) is 6.48. The van der Waals surface area contributed by atoms with Crippen molar-refractivity contribution in [2.45, 2.75) is 0 Å². The molecule has 2 rings (SSSR count). The predicted molar refractivity (Wildman–Crippen MR) is 100 cm³/mol. The standard InChI is InChI=1S/C18H17NO3S2/c1-23-18(24-2)15(17(21)22-14-11-7-4-8-12-14)19-16(20)13-9-5-3-6-10-13/h3-12H,1-2H3,(H,19,20). The molecular weight excluding hydrogens is 342 g/mol. The van der Waals surface area contributed by atoms with E-state index in [9.17, 15) is 9.59 Å². The molecule has 24 heavy (non-hydrogen) atoms. The Bertz CT molecular complexity index is 724. The molecule has 0 aliphatic rings. The second kappa shape index (κ2) is 9.20. The van der Waals surface area contributed by atoms with Crippen LogP contribution in [0.3, 0.4) is 0 Å². The van der Waals surface area contributed by atoms with Gasteiger partial charge in [-0.1, -0.05) is 36.4 Å². The van der Waals surface area contributed by atoms with Gasteiger partial charge in [-0.15, -0.1) is 23.5 Å². The van der Waals surface area contributed by atoms with Gasteiger partial charge in [0.1, 0.15) is 11.4 Å². The van der Waals surface area contributed by atoms with E-state index in [4.69, 9.17) is 4.74 Å². The number of esters is 1. The highest BCUT2D eigenvalue weighted by Crippen LogP contribution is 2.27. The highest BCUT2D eigenvalue weighted by molar-refractivity contribution is 8.21. The Morgan fingerprint density at radius 3 is 1.96 bits per heavy atom. The van der Waals surface area contributed by atoms with Crippen LogP contribution in [0, 0.1) is 0 Å². The van der Waals surface area contributed by atoms with Crippen molar-refractivity contribution in [3.05, 3.63) is 76.2 Å². The molecule has 0 aliphatic carbocycles. The number of hydrogen-bond acceptors (Lipinski definition) is 5. The average molecular weight is 359 g/mol. The minimum absolute atomic E-state index is 0.146. The normalized spacial score (nSPS) is 9.92. The second-order valence-electron chi connectivity index (χ2n) is 4.59. The molecule has 0 radical (unpaired) electrons. The summed E-state index contributed by atoms with van der Waals surface area (Å²) in [5.41, 5.74) is 0.622. The lowest BCUT2D eigenvalue weighted by Crippen LogP contribution is -2.30. The van der Waals surface area contributed by atoms with E-state index in [-0.39, 0.29) is 11.6 Å². The SMILES string of the molecule is CSC(SC)=C(NC(=O)c1ccccc1)C(=O)Oc1ccccc1. The maximum Gasteiger partial charge on any atom is 0.361 e. The van der Waals surface area contributed by atoms with Crippen LogP contribution in [0.2, 0.25) is 0 Å². The zero-order valence-electron chi connectivity index (χ0n) is 13.3. The van der Waals surface area contributed by atoms with Gasteiger partial charge >= 0.3 is 5.97 Å². The lowest BCUT2D eigenvalue weighted by Gasteiger charge is -2.13. The average Bonchev–Trinajstić information content (AvgIpc) is 2.63. The van der Waals surface area contributed by atoms with Gasteiger partial charge in [-0.25, -0.2) is 4.79 Å². The Morgan fingerprint density at radius 1 is 0.875 bits per heavy atom. The van der Waals surface area contributed by atoms with Crippen molar-refractivity contribution in [3.63, 3.8) is 0 Å². The Kier molecular flexibility index (Phi) is 6.96. The molecule has 0 bridgehead atoms. The van der Waals surface area contributed by atoms with Gasteiger partial charge < -0.3 is 10.1 Å². The van der Waals surface area contributed by atoms with E-state index < -0.39 is 5.97 Å². The smallest absolute Gasteiger partial charge is 0.361 e. The van der Waals surface area contributed by atoms with Crippen molar-refractivity contribution in [1.29, 1.82) is 0 Å². The van der Waals surface area contributed by atoms with Gasteiger partial charge in [0.2, 0.25) is 0 Å². The maximum absolute atomic E-state index is 12.5.